The monoisotopic (exact) mass is 551 g/mol. The van der Waals surface area contributed by atoms with E-state index in [0.29, 0.717) is 29.3 Å². The van der Waals surface area contributed by atoms with Crippen LogP contribution < -0.4 is 0 Å². The highest BCUT2D eigenvalue weighted by Crippen LogP contribution is 2.29. The molecule has 0 fully saturated rings. The lowest BCUT2D eigenvalue weighted by Crippen LogP contribution is -2.40. The zero-order valence-corrected chi connectivity index (χ0v) is 23.8. The van der Waals surface area contributed by atoms with E-state index in [1.165, 1.54) is 55.9 Å². The van der Waals surface area contributed by atoms with Crippen molar-refractivity contribution in [1.82, 2.24) is 15.0 Å². The molecule has 1 heterocycles. The number of carboxylic acids is 1. The van der Waals surface area contributed by atoms with Gasteiger partial charge in [-0.1, -0.05) is 101 Å². The number of hydrogen-bond donors (Lipinski definition) is 1. The number of aryl methyl sites for hydroxylation is 1. The zero-order chi connectivity index (χ0) is 28.7. The van der Waals surface area contributed by atoms with E-state index >= 15 is 0 Å². The van der Waals surface area contributed by atoms with Gasteiger partial charge < -0.3 is 14.5 Å². The summed E-state index contributed by atoms with van der Waals surface area (Å²) >= 11 is 0. The van der Waals surface area contributed by atoms with E-state index in [2.05, 4.69) is 17.1 Å². The van der Waals surface area contributed by atoms with Gasteiger partial charge in [0.25, 0.3) is 5.89 Å². The summed E-state index contributed by atoms with van der Waals surface area (Å²) < 4.78 is 19.7. The lowest BCUT2D eigenvalue weighted by molar-refractivity contribution is -0.157. The van der Waals surface area contributed by atoms with Crippen LogP contribution >= 0.6 is 0 Å². The summed E-state index contributed by atoms with van der Waals surface area (Å²) in [7, 11) is 0. The Balaban J connectivity index is 1.63. The molecule has 1 unspecified atom stereocenters. The molecule has 1 atom stereocenters. The minimum Gasteiger partial charge on any atom is -0.474 e. The molecule has 0 bridgehead atoms. The van der Waals surface area contributed by atoms with Crippen LogP contribution in [0.2, 0.25) is 0 Å². The van der Waals surface area contributed by atoms with Gasteiger partial charge in [0.15, 0.2) is 5.82 Å². The van der Waals surface area contributed by atoms with Crippen molar-refractivity contribution in [1.29, 1.82) is 0 Å². The summed E-state index contributed by atoms with van der Waals surface area (Å²) in [5.74, 6) is -1.88. The van der Waals surface area contributed by atoms with Gasteiger partial charge in [0.05, 0.1) is 6.04 Å². The second-order valence-corrected chi connectivity index (χ2v) is 10.3. The Hall–Kier alpha value is -3.55. The smallest absolute Gasteiger partial charge is 0.394 e. The van der Waals surface area contributed by atoms with Crippen molar-refractivity contribution in [2.45, 2.75) is 96.9 Å². The average Bonchev–Trinajstić information content (AvgIpc) is 3.44. The fraction of sp³-hybridized carbons (Fsp3) is 0.500. The number of aliphatic carboxylic acids is 1. The van der Waals surface area contributed by atoms with Crippen LogP contribution in [0.25, 0.3) is 11.5 Å². The van der Waals surface area contributed by atoms with E-state index in [4.69, 9.17) is 4.52 Å². The molecule has 0 aliphatic carbocycles. The van der Waals surface area contributed by atoms with Gasteiger partial charge >= 0.3 is 11.9 Å². The molecule has 3 aromatic rings. The maximum Gasteiger partial charge on any atom is 0.394 e. The van der Waals surface area contributed by atoms with Gasteiger partial charge in [0, 0.05) is 18.5 Å². The Morgan fingerprint density at radius 2 is 1.62 bits per heavy atom. The van der Waals surface area contributed by atoms with E-state index in [0.717, 1.165) is 24.8 Å². The number of carbonyl (C=O) groups is 2. The van der Waals surface area contributed by atoms with Gasteiger partial charge in [-0.05, 0) is 48.6 Å². The molecule has 0 aliphatic heterocycles. The fourth-order valence-electron chi connectivity index (χ4n) is 5.05. The number of rotatable bonds is 17. The molecule has 1 aromatic heterocycles. The maximum atomic E-state index is 14.2. The number of hydrogen-bond acceptors (Lipinski definition) is 5. The number of halogens is 1. The quantitative estimate of drug-likeness (QED) is 0.137. The Bertz CT molecular complexity index is 1210. The molecule has 2 aromatic carbocycles. The van der Waals surface area contributed by atoms with Gasteiger partial charge in [-0.2, -0.15) is 4.98 Å². The number of amides is 1. The lowest BCUT2D eigenvalue weighted by atomic mass is 9.99. The van der Waals surface area contributed by atoms with Gasteiger partial charge in [-0.25, -0.2) is 9.18 Å². The molecular weight excluding hydrogens is 509 g/mol. The molecule has 3 rings (SSSR count). The summed E-state index contributed by atoms with van der Waals surface area (Å²) in [4.78, 5) is 30.2. The van der Waals surface area contributed by atoms with E-state index in [1.54, 1.807) is 18.2 Å². The summed E-state index contributed by atoms with van der Waals surface area (Å²) in [5.41, 5.74) is 1.89. The van der Waals surface area contributed by atoms with Crippen molar-refractivity contribution in [3.8, 4) is 11.5 Å². The van der Waals surface area contributed by atoms with Gasteiger partial charge in [0.1, 0.15) is 5.82 Å². The van der Waals surface area contributed by atoms with Crippen LogP contribution in [0.5, 0.6) is 0 Å². The third-order valence-electron chi connectivity index (χ3n) is 7.28. The standard InChI is InChI=1S/C32H42FN3O4/c1-3-5-6-7-8-9-10-11-12-20-29-34-30(40-35-29)26-18-15-17-25(23-26)28(4-2)36(31(37)32(38)39)22-21-24-16-13-14-19-27(24)33/h13-19,23,28H,3-12,20-22H2,1-2H3,(H,38,39). The third-order valence-corrected chi connectivity index (χ3v) is 7.28. The topological polar surface area (TPSA) is 96.5 Å². The van der Waals surface area contributed by atoms with Crippen molar-refractivity contribution in [2.24, 2.45) is 0 Å². The highest BCUT2D eigenvalue weighted by molar-refractivity contribution is 6.31. The van der Waals surface area contributed by atoms with Crippen LogP contribution in [0.3, 0.4) is 0 Å². The summed E-state index contributed by atoms with van der Waals surface area (Å²) in [6, 6.07) is 13.2. The van der Waals surface area contributed by atoms with Gasteiger partial charge in [0.2, 0.25) is 0 Å². The first-order valence-corrected chi connectivity index (χ1v) is 14.6. The molecule has 7 nitrogen and oxygen atoms in total. The summed E-state index contributed by atoms with van der Waals surface area (Å²) in [6.45, 7) is 4.19. The lowest BCUT2D eigenvalue weighted by Gasteiger charge is -2.30. The van der Waals surface area contributed by atoms with Crippen LogP contribution in [0.4, 0.5) is 4.39 Å². The van der Waals surface area contributed by atoms with E-state index in [1.807, 2.05) is 31.2 Å². The third kappa shape index (κ3) is 9.28. The summed E-state index contributed by atoms with van der Waals surface area (Å²) in [6.07, 6.45) is 12.7. The van der Waals surface area contributed by atoms with Crippen LogP contribution in [0, 0.1) is 5.82 Å². The number of aromatic nitrogens is 2. The predicted octanol–water partition coefficient (Wildman–Crippen LogP) is 7.56. The molecule has 40 heavy (non-hydrogen) atoms. The van der Waals surface area contributed by atoms with Crippen LogP contribution in [-0.2, 0) is 22.4 Å². The van der Waals surface area contributed by atoms with Crippen molar-refractivity contribution in [3.05, 3.63) is 71.3 Å². The zero-order valence-electron chi connectivity index (χ0n) is 23.8. The first-order chi connectivity index (χ1) is 19.4. The second-order valence-electron chi connectivity index (χ2n) is 10.3. The molecule has 0 saturated carbocycles. The number of carboxylic acid groups (broad SMARTS) is 1. The number of unbranched alkanes of at least 4 members (excludes halogenated alkanes) is 8. The van der Waals surface area contributed by atoms with Crippen molar-refractivity contribution in [2.75, 3.05) is 6.54 Å². The summed E-state index contributed by atoms with van der Waals surface area (Å²) in [5, 5.41) is 13.6. The van der Waals surface area contributed by atoms with Crippen molar-refractivity contribution < 1.29 is 23.6 Å². The Morgan fingerprint density at radius 1 is 0.925 bits per heavy atom. The molecule has 1 amide bonds. The average molecular weight is 552 g/mol. The van der Waals surface area contributed by atoms with Crippen LogP contribution in [0.15, 0.2) is 53.1 Å². The van der Waals surface area contributed by atoms with Crippen molar-refractivity contribution in [3.63, 3.8) is 0 Å². The minimum absolute atomic E-state index is 0.0677. The van der Waals surface area contributed by atoms with E-state index in [9.17, 15) is 19.1 Å². The predicted molar refractivity (Wildman–Crippen MR) is 153 cm³/mol. The maximum absolute atomic E-state index is 14.2. The Labute approximate surface area is 236 Å². The first kappa shape index (κ1) is 31.0. The normalized spacial score (nSPS) is 11.9. The number of carbonyl (C=O) groups excluding carboxylic acids is 1. The molecule has 0 aliphatic rings. The molecular formula is C32H42FN3O4. The van der Waals surface area contributed by atoms with Crippen molar-refractivity contribution >= 4 is 11.9 Å². The SMILES string of the molecule is CCCCCCCCCCCc1noc(-c2cccc(C(CC)N(CCc3ccccc3F)C(=O)C(=O)O)c2)n1. The van der Waals surface area contributed by atoms with Crippen LogP contribution in [-0.4, -0.2) is 38.6 Å². The molecule has 8 heteroatoms. The highest BCUT2D eigenvalue weighted by atomic mass is 19.1. The molecule has 0 saturated heterocycles. The van der Waals surface area contributed by atoms with Gasteiger partial charge in [-0.3, -0.25) is 4.79 Å². The second kappa shape index (κ2) is 16.5. The molecule has 1 N–H and O–H groups in total. The minimum atomic E-state index is -1.54. The number of nitrogens with zero attached hydrogens (tertiary/aromatic N) is 3. The van der Waals surface area contributed by atoms with E-state index < -0.39 is 17.9 Å². The first-order valence-electron chi connectivity index (χ1n) is 14.6. The Kier molecular flexibility index (Phi) is 12.8. The van der Waals surface area contributed by atoms with E-state index in [-0.39, 0.29) is 18.8 Å². The molecule has 0 spiro atoms. The van der Waals surface area contributed by atoms with Gasteiger partial charge in [-0.15, -0.1) is 0 Å². The molecule has 0 radical (unpaired) electrons. The fourth-order valence-corrected chi connectivity index (χ4v) is 5.05. The Morgan fingerprint density at radius 3 is 2.30 bits per heavy atom. The molecule has 216 valence electrons. The highest BCUT2D eigenvalue weighted by Gasteiger charge is 2.29. The number of benzene rings is 2. The van der Waals surface area contributed by atoms with Crippen LogP contribution in [0.1, 0.15) is 101 Å². The largest absolute Gasteiger partial charge is 0.474 e.